The molecule has 0 unspecified atom stereocenters. The summed E-state index contributed by atoms with van der Waals surface area (Å²) in [6.45, 7) is 0.247. The number of aromatic nitrogens is 4. The van der Waals surface area contributed by atoms with E-state index in [9.17, 15) is 4.79 Å². The van der Waals surface area contributed by atoms with Crippen LogP contribution >= 0.6 is 11.8 Å². The largest absolute Gasteiger partial charge is 0.394 e. The highest BCUT2D eigenvalue weighted by molar-refractivity contribution is 7.99. The third-order valence-electron chi connectivity index (χ3n) is 2.09. The maximum Gasteiger partial charge on any atom is 0.262 e. The van der Waals surface area contributed by atoms with Gasteiger partial charge in [0.05, 0.1) is 25.1 Å². The number of thioether (sulfide) groups is 1. The molecule has 0 aliphatic rings. The van der Waals surface area contributed by atoms with Crippen LogP contribution in [0.1, 0.15) is 0 Å². The van der Waals surface area contributed by atoms with Gasteiger partial charge in [-0.15, -0.1) is 6.42 Å². The number of nitrogens with one attached hydrogen (secondary N) is 1. The Labute approximate surface area is 101 Å². The van der Waals surface area contributed by atoms with E-state index in [-0.39, 0.29) is 12.2 Å². The molecule has 0 spiro atoms. The molecule has 2 rings (SSSR count). The molecular formula is C10H10N4O2S. The minimum Gasteiger partial charge on any atom is -0.394 e. The summed E-state index contributed by atoms with van der Waals surface area (Å²) in [4.78, 5) is 18.6. The molecular weight excluding hydrogens is 240 g/mol. The SMILES string of the molecule is C#CCSc1nc2c(cnn2CCO)c(=O)[nH]1. The van der Waals surface area contributed by atoms with Gasteiger partial charge < -0.3 is 10.1 Å². The predicted molar refractivity (Wildman–Crippen MR) is 64.8 cm³/mol. The van der Waals surface area contributed by atoms with E-state index in [0.717, 1.165) is 0 Å². The van der Waals surface area contributed by atoms with E-state index in [1.54, 1.807) is 0 Å². The summed E-state index contributed by atoms with van der Waals surface area (Å²) < 4.78 is 1.49. The summed E-state index contributed by atoms with van der Waals surface area (Å²) in [5.41, 5.74) is 0.209. The van der Waals surface area contributed by atoms with Crippen molar-refractivity contribution in [3.63, 3.8) is 0 Å². The van der Waals surface area contributed by atoms with Gasteiger partial charge in [0.25, 0.3) is 5.56 Å². The molecule has 2 aromatic heterocycles. The van der Waals surface area contributed by atoms with Crippen molar-refractivity contribution in [2.45, 2.75) is 11.7 Å². The molecule has 0 aliphatic heterocycles. The fourth-order valence-corrected chi connectivity index (χ4v) is 1.92. The number of aliphatic hydroxyl groups excluding tert-OH is 1. The lowest BCUT2D eigenvalue weighted by atomic mass is 10.4. The summed E-state index contributed by atoms with van der Waals surface area (Å²) in [5, 5.41) is 13.7. The van der Waals surface area contributed by atoms with E-state index in [1.165, 1.54) is 22.6 Å². The lowest BCUT2D eigenvalue weighted by Crippen LogP contribution is -2.11. The average molecular weight is 250 g/mol. The zero-order valence-corrected chi connectivity index (χ0v) is 9.70. The molecule has 0 aliphatic carbocycles. The molecule has 2 aromatic rings. The Bertz CT molecular complexity index is 625. The van der Waals surface area contributed by atoms with Crippen molar-refractivity contribution in [2.24, 2.45) is 0 Å². The number of rotatable bonds is 4. The van der Waals surface area contributed by atoms with E-state index in [1.807, 2.05) is 0 Å². The lowest BCUT2D eigenvalue weighted by molar-refractivity contribution is 0.271. The van der Waals surface area contributed by atoms with Crippen LogP contribution in [-0.2, 0) is 6.54 Å². The number of hydrogen-bond acceptors (Lipinski definition) is 5. The van der Waals surface area contributed by atoms with E-state index >= 15 is 0 Å². The molecule has 0 bridgehead atoms. The van der Waals surface area contributed by atoms with Crippen molar-refractivity contribution >= 4 is 22.8 Å². The van der Waals surface area contributed by atoms with Crippen LogP contribution in [0.5, 0.6) is 0 Å². The van der Waals surface area contributed by atoms with Crippen molar-refractivity contribution < 1.29 is 5.11 Å². The van der Waals surface area contributed by atoms with Crippen LogP contribution in [0, 0.1) is 12.3 Å². The Morgan fingerprint density at radius 1 is 1.65 bits per heavy atom. The maximum atomic E-state index is 11.7. The number of fused-ring (bicyclic) bond motifs is 1. The Morgan fingerprint density at radius 2 is 2.47 bits per heavy atom. The average Bonchev–Trinajstić information content (AvgIpc) is 2.71. The van der Waals surface area contributed by atoms with Crippen LogP contribution < -0.4 is 5.56 Å². The Hall–Kier alpha value is -1.78. The minimum atomic E-state index is -0.251. The van der Waals surface area contributed by atoms with E-state index < -0.39 is 0 Å². The molecule has 0 saturated heterocycles. The molecule has 0 fully saturated rings. The van der Waals surface area contributed by atoms with Crippen LogP contribution in [0.25, 0.3) is 11.0 Å². The van der Waals surface area contributed by atoms with Gasteiger partial charge in [-0.1, -0.05) is 17.7 Å². The lowest BCUT2D eigenvalue weighted by Gasteiger charge is -2.01. The van der Waals surface area contributed by atoms with Crippen molar-refractivity contribution in [1.82, 2.24) is 19.7 Å². The van der Waals surface area contributed by atoms with E-state index in [2.05, 4.69) is 21.0 Å². The smallest absolute Gasteiger partial charge is 0.262 e. The second kappa shape index (κ2) is 5.03. The number of aromatic amines is 1. The van der Waals surface area contributed by atoms with Crippen LogP contribution in [0.4, 0.5) is 0 Å². The van der Waals surface area contributed by atoms with Gasteiger partial charge in [0.2, 0.25) is 0 Å². The molecule has 0 radical (unpaired) electrons. The molecule has 0 amide bonds. The van der Waals surface area contributed by atoms with Crippen molar-refractivity contribution in [2.75, 3.05) is 12.4 Å². The summed E-state index contributed by atoms with van der Waals surface area (Å²) in [6.07, 6.45) is 6.58. The first-order valence-electron chi connectivity index (χ1n) is 4.89. The van der Waals surface area contributed by atoms with Crippen molar-refractivity contribution in [1.29, 1.82) is 0 Å². The molecule has 88 valence electrons. The highest BCUT2D eigenvalue weighted by atomic mass is 32.2. The summed E-state index contributed by atoms with van der Waals surface area (Å²) in [5.74, 6) is 2.89. The summed E-state index contributed by atoms with van der Waals surface area (Å²) >= 11 is 1.27. The highest BCUT2D eigenvalue weighted by Crippen LogP contribution is 2.13. The Morgan fingerprint density at radius 3 is 3.18 bits per heavy atom. The van der Waals surface area contributed by atoms with Crippen LogP contribution in [0.15, 0.2) is 16.1 Å². The molecule has 0 saturated carbocycles. The van der Waals surface area contributed by atoms with Crippen molar-refractivity contribution in [3.05, 3.63) is 16.6 Å². The molecule has 0 aromatic carbocycles. The molecule has 17 heavy (non-hydrogen) atoms. The Kier molecular flexibility index (Phi) is 3.46. The molecule has 2 N–H and O–H groups in total. The predicted octanol–water partition coefficient (Wildman–Crippen LogP) is -0.163. The van der Waals surface area contributed by atoms with Gasteiger partial charge in [-0.2, -0.15) is 5.10 Å². The van der Waals surface area contributed by atoms with Gasteiger partial charge in [0, 0.05) is 0 Å². The van der Waals surface area contributed by atoms with Gasteiger partial charge >= 0.3 is 0 Å². The van der Waals surface area contributed by atoms with Gasteiger partial charge in [0.15, 0.2) is 10.8 Å². The number of nitrogens with zero attached hydrogens (tertiary/aromatic N) is 3. The second-order valence-electron chi connectivity index (χ2n) is 3.19. The van der Waals surface area contributed by atoms with Gasteiger partial charge in [-0.05, 0) is 0 Å². The minimum absolute atomic E-state index is 0.0574. The number of H-pyrrole nitrogens is 1. The zero-order valence-electron chi connectivity index (χ0n) is 8.88. The molecule has 2 heterocycles. The van der Waals surface area contributed by atoms with Crippen molar-refractivity contribution in [3.8, 4) is 12.3 Å². The standard InChI is InChI=1S/C10H10N4O2S/c1-2-5-17-10-12-8-7(9(16)13-10)6-11-14(8)3-4-15/h1,6,15H,3-5H2,(H,12,13,16). The fraction of sp³-hybridized carbons (Fsp3) is 0.300. The first kappa shape index (κ1) is 11.7. The fourth-order valence-electron chi connectivity index (χ4n) is 1.38. The Balaban J connectivity index is 2.49. The first-order valence-corrected chi connectivity index (χ1v) is 5.87. The quantitative estimate of drug-likeness (QED) is 0.447. The van der Waals surface area contributed by atoms with Gasteiger partial charge in [-0.25, -0.2) is 9.67 Å². The normalized spacial score (nSPS) is 10.6. The highest BCUT2D eigenvalue weighted by Gasteiger charge is 2.09. The number of terminal acetylenes is 1. The van der Waals surface area contributed by atoms with Gasteiger partial charge in [-0.3, -0.25) is 4.79 Å². The number of hydrogen-bond donors (Lipinski definition) is 2. The van der Waals surface area contributed by atoms with Crippen LogP contribution in [0.2, 0.25) is 0 Å². The van der Waals surface area contributed by atoms with Gasteiger partial charge in [0.1, 0.15) is 5.39 Å². The van der Waals surface area contributed by atoms with E-state index in [0.29, 0.717) is 28.5 Å². The third kappa shape index (κ3) is 2.33. The molecule has 7 heteroatoms. The van der Waals surface area contributed by atoms with Crippen LogP contribution in [-0.4, -0.2) is 37.2 Å². The van der Waals surface area contributed by atoms with Crippen LogP contribution in [0.3, 0.4) is 0 Å². The second-order valence-corrected chi connectivity index (χ2v) is 4.16. The summed E-state index contributed by atoms with van der Waals surface area (Å²) in [6, 6.07) is 0. The molecule has 0 atom stereocenters. The van der Waals surface area contributed by atoms with E-state index in [4.69, 9.17) is 11.5 Å². The maximum absolute atomic E-state index is 11.7. The third-order valence-corrected chi connectivity index (χ3v) is 2.87. The first-order chi connectivity index (χ1) is 8.26. The zero-order chi connectivity index (χ0) is 12.3. The summed E-state index contributed by atoms with van der Waals surface area (Å²) in [7, 11) is 0. The molecule has 6 nitrogen and oxygen atoms in total. The topological polar surface area (TPSA) is 83.8 Å². The monoisotopic (exact) mass is 250 g/mol. The number of aliphatic hydroxyl groups is 1.